The van der Waals surface area contributed by atoms with Gasteiger partial charge in [0, 0.05) is 6.42 Å². The lowest BCUT2D eigenvalue weighted by Gasteiger charge is -2.13. The van der Waals surface area contributed by atoms with Crippen molar-refractivity contribution in [2.45, 2.75) is 103 Å². The number of aliphatic hydroxyl groups is 1. The van der Waals surface area contributed by atoms with Crippen molar-refractivity contribution in [2.75, 3.05) is 13.2 Å². The number of para-hydroxylation sites is 1. The molecule has 1 rings (SSSR count). The van der Waals surface area contributed by atoms with E-state index in [0.717, 1.165) is 44.3 Å². The molecule has 0 spiro atoms. The summed E-state index contributed by atoms with van der Waals surface area (Å²) >= 11 is 0. The molecule has 1 N–H and O–H groups in total. The number of benzene rings is 1. The first-order valence-corrected chi connectivity index (χ1v) is 11.7. The zero-order valence-electron chi connectivity index (χ0n) is 18.7. The Bertz CT molecular complexity index is 529. The van der Waals surface area contributed by atoms with Gasteiger partial charge < -0.3 is 14.6 Å². The van der Waals surface area contributed by atoms with E-state index in [2.05, 4.69) is 13.0 Å². The van der Waals surface area contributed by atoms with E-state index in [1.165, 1.54) is 37.7 Å². The van der Waals surface area contributed by atoms with Crippen molar-refractivity contribution in [3.8, 4) is 5.75 Å². The fraction of sp³-hybridized carbons (Fsp3) is 0.720. The average Bonchev–Trinajstić information content (AvgIpc) is 2.72. The van der Waals surface area contributed by atoms with Gasteiger partial charge in [0.25, 0.3) is 0 Å². The number of hydrogen-bond acceptors (Lipinski definition) is 4. The predicted molar refractivity (Wildman–Crippen MR) is 119 cm³/mol. The summed E-state index contributed by atoms with van der Waals surface area (Å²) in [4.78, 5) is 11.4. The molecule has 0 amide bonds. The lowest BCUT2D eigenvalue weighted by Crippen LogP contribution is -2.08. The van der Waals surface area contributed by atoms with Gasteiger partial charge in [-0.15, -0.1) is 0 Å². The summed E-state index contributed by atoms with van der Waals surface area (Å²) in [5.41, 5.74) is 1.20. The van der Waals surface area contributed by atoms with E-state index in [9.17, 15) is 9.90 Å². The number of esters is 1. The summed E-state index contributed by atoms with van der Waals surface area (Å²) < 4.78 is 10.8. The zero-order chi connectivity index (χ0) is 21.2. The summed E-state index contributed by atoms with van der Waals surface area (Å²) in [5.74, 6) is 0.743. The first kappa shape index (κ1) is 25.5. The van der Waals surface area contributed by atoms with Gasteiger partial charge in [0.2, 0.25) is 0 Å². The number of aliphatic hydroxyl groups excluding tert-OH is 1. The molecular formula is C25H42O4. The van der Waals surface area contributed by atoms with E-state index in [0.29, 0.717) is 26.1 Å². The monoisotopic (exact) mass is 406 g/mol. The Hall–Kier alpha value is -1.55. The molecule has 166 valence electrons. The van der Waals surface area contributed by atoms with Crippen LogP contribution >= 0.6 is 0 Å². The average molecular weight is 407 g/mol. The number of hydrogen-bond donors (Lipinski definition) is 1. The van der Waals surface area contributed by atoms with Gasteiger partial charge in [-0.05, 0) is 50.7 Å². The molecule has 1 aromatic rings. The second-order valence-corrected chi connectivity index (χ2v) is 7.82. The Labute approximate surface area is 178 Å². The molecule has 0 saturated heterocycles. The van der Waals surface area contributed by atoms with E-state index in [1.807, 2.05) is 25.1 Å². The molecule has 0 heterocycles. The summed E-state index contributed by atoms with van der Waals surface area (Å²) in [7, 11) is 0. The highest BCUT2D eigenvalue weighted by Crippen LogP contribution is 2.21. The largest absolute Gasteiger partial charge is 0.493 e. The van der Waals surface area contributed by atoms with Crippen LogP contribution in [0.25, 0.3) is 0 Å². The lowest BCUT2D eigenvalue weighted by molar-refractivity contribution is -0.143. The molecule has 0 aliphatic carbocycles. The molecule has 0 aliphatic heterocycles. The van der Waals surface area contributed by atoms with Gasteiger partial charge in [-0.1, -0.05) is 70.1 Å². The van der Waals surface area contributed by atoms with Crippen molar-refractivity contribution in [3.05, 3.63) is 29.8 Å². The molecule has 0 bridgehead atoms. The smallest absolute Gasteiger partial charge is 0.305 e. The van der Waals surface area contributed by atoms with Gasteiger partial charge in [0.1, 0.15) is 5.75 Å². The summed E-state index contributed by atoms with van der Waals surface area (Å²) in [6, 6.07) is 8.11. The van der Waals surface area contributed by atoms with E-state index >= 15 is 0 Å². The van der Waals surface area contributed by atoms with Gasteiger partial charge in [-0.2, -0.15) is 0 Å². The van der Waals surface area contributed by atoms with Gasteiger partial charge in [-0.3, -0.25) is 4.79 Å². The van der Waals surface area contributed by atoms with Crippen molar-refractivity contribution in [2.24, 2.45) is 0 Å². The second-order valence-electron chi connectivity index (χ2n) is 7.82. The molecule has 29 heavy (non-hydrogen) atoms. The van der Waals surface area contributed by atoms with Crippen molar-refractivity contribution in [3.63, 3.8) is 0 Å². The molecule has 1 atom stereocenters. The summed E-state index contributed by atoms with van der Waals surface area (Å²) in [5, 5.41) is 10.2. The molecule has 0 aliphatic rings. The van der Waals surface area contributed by atoms with Crippen LogP contribution in [0, 0.1) is 0 Å². The van der Waals surface area contributed by atoms with Crippen LogP contribution in [0.2, 0.25) is 0 Å². The van der Waals surface area contributed by atoms with Crippen molar-refractivity contribution in [1.82, 2.24) is 0 Å². The van der Waals surface area contributed by atoms with Gasteiger partial charge >= 0.3 is 5.97 Å². The van der Waals surface area contributed by atoms with E-state index < -0.39 is 0 Å². The van der Waals surface area contributed by atoms with Gasteiger partial charge in [0.15, 0.2) is 0 Å². The molecule has 0 saturated carbocycles. The highest BCUT2D eigenvalue weighted by atomic mass is 16.5. The van der Waals surface area contributed by atoms with Crippen LogP contribution in [0.1, 0.15) is 96.5 Å². The van der Waals surface area contributed by atoms with Crippen molar-refractivity contribution >= 4 is 5.97 Å². The Morgan fingerprint density at radius 1 is 0.931 bits per heavy atom. The summed E-state index contributed by atoms with van der Waals surface area (Å²) in [6.45, 7) is 5.00. The third-order valence-electron chi connectivity index (χ3n) is 5.19. The van der Waals surface area contributed by atoms with E-state index in [-0.39, 0.29) is 12.1 Å². The van der Waals surface area contributed by atoms with Gasteiger partial charge in [0.05, 0.1) is 19.3 Å². The summed E-state index contributed by atoms with van der Waals surface area (Å²) in [6.07, 6.45) is 13.4. The fourth-order valence-electron chi connectivity index (χ4n) is 3.48. The van der Waals surface area contributed by atoms with Crippen molar-refractivity contribution < 1.29 is 19.4 Å². The van der Waals surface area contributed by atoms with Crippen LogP contribution in [0.3, 0.4) is 0 Å². The Kier molecular flexibility index (Phi) is 15.2. The minimum Gasteiger partial charge on any atom is -0.493 e. The topological polar surface area (TPSA) is 55.8 Å². The Morgan fingerprint density at radius 3 is 2.38 bits per heavy atom. The third kappa shape index (κ3) is 13.3. The number of ether oxygens (including phenoxy) is 2. The highest BCUT2D eigenvalue weighted by molar-refractivity contribution is 5.69. The van der Waals surface area contributed by atoms with Gasteiger partial charge in [-0.25, -0.2) is 0 Å². The van der Waals surface area contributed by atoms with Crippen molar-refractivity contribution in [1.29, 1.82) is 0 Å². The molecule has 1 aromatic carbocycles. The van der Waals surface area contributed by atoms with Crippen LogP contribution in [-0.4, -0.2) is 30.4 Å². The van der Waals surface area contributed by atoms with Crippen LogP contribution < -0.4 is 4.74 Å². The SMILES string of the molecule is CCCCCCCC[C@H](O)CCCCc1ccccc1OCCCC(=O)OCC. The molecule has 4 nitrogen and oxygen atoms in total. The van der Waals surface area contributed by atoms with E-state index in [4.69, 9.17) is 9.47 Å². The predicted octanol–water partition coefficient (Wildman–Crippen LogP) is 6.23. The molecule has 0 fully saturated rings. The minimum atomic E-state index is -0.163. The Balaban J connectivity index is 2.17. The molecule has 0 radical (unpaired) electrons. The maximum atomic E-state index is 11.4. The van der Waals surface area contributed by atoms with Crippen LogP contribution in [0.4, 0.5) is 0 Å². The quantitative estimate of drug-likeness (QED) is 0.232. The standard InChI is InChI=1S/C25H42O4/c1-3-5-6-7-8-9-17-23(26)18-12-10-15-22-16-11-13-19-24(22)29-21-14-20-25(27)28-4-2/h11,13,16,19,23,26H,3-10,12,14-15,17-18,20-21H2,1-2H3/t23-/m0/s1. The normalized spacial score (nSPS) is 12.0. The Morgan fingerprint density at radius 2 is 1.62 bits per heavy atom. The zero-order valence-corrected chi connectivity index (χ0v) is 18.7. The van der Waals surface area contributed by atoms with Crippen LogP contribution in [0.5, 0.6) is 5.75 Å². The maximum Gasteiger partial charge on any atom is 0.305 e. The minimum absolute atomic E-state index is 0.157. The second kappa shape index (κ2) is 17.3. The number of carbonyl (C=O) groups is 1. The van der Waals surface area contributed by atoms with Crippen LogP contribution in [0.15, 0.2) is 24.3 Å². The van der Waals surface area contributed by atoms with Crippen LogP contribution in [-0.2, 0) is 16.0 Å². The molecule has 0 aromatic heterocycles. The highest BCUT2D eigenvalue weighted by Gasteiger charge is 2.07. The lowest BCUT2D eigenvalue weighted by atomic mass is 10.0. The first-order valence-electron chi connectivity index (χ1n) is 11.7. The number of aryl methyl sites for hydroxylation is 1. The first-order chi connectivity index (χ1) is 14.2. The number of rotatable bonds is 18. The fourth-order valence-corrected chi connectivity index (χ4v) is 3.48. The number of unbranched alkanes of at least 4 members (excludes halogenated alkanes) is 6. The maximum absolute atomic E-state index is 11.4. The third-order valence-corrected chi connectivity index (χ3v) is 5.19. The molecule has 4 heteroatoms. The van der Waals surface area contributed by atoms with E-state index in [1.54, 1.807) is 0 Å². The number of carbonyl (C=O) groups excluding carboxylic acids is 1. The molecular weight excluding hydrogens is 364 g/mol. The molecule has 0 unspecified atom stereocenters.